The fourth-order valence-electron chi connectivity index (χ4n) is 3.00. The molecule has 0 fully saturated rings. The molecule has 6 heteroatoms. The van der Waals surface area contributed by atoms with Gasteiger partial charge < -0.3 is 9.73 Å². The number of halogens is 1. The van der Waals surface area contributed by atoms with Crippen LogP contribution in [-0.2, 0) is 6.54 Å². The summed E-state index contributed by atoms with van der Waals surface area (Å²) in [6, 6.07) is 10.00. The third kappa shape index (κ3) is 3.79. The van der Waals surface area contributed by atoms with Crippen LogP contribution < -0.4 is 11.1 Å². The van der Waals surface area contributed by atoms with Gasteiger partial charge in [-0.25, -0.2) is 14.2 Å². The van der Waals surface area contributed by atoms with Crippen LogP contribution in [0.15, 0.2) is 51.8 Å². The summed E-state index contributed by atoms with van der Waals surface area (Å²) in [6.45, 7) is 7.36. The van der Waals surface area contributed by atoms with E-state index in [1.807, 2.05) is 0 Å². The van der Waals surface area contributed by atoms with Crippen LogP contribution >= 0.6 is 0 Å². The number of pyridine rings is 1. The van der Waals surface area contributed by atoms with E-state index >= 15 is 0 Å². The van der Waals surface area contributed by atoms with Gasteiger partial charge in [-0.1, -0.05) is 32.9 Å². The Morgan fingerprint density at radius 1 is 1.24 bits per heavy atom. The number of nitrogens with zero attached hydrogens (tertiary/aromatic N) is 2. The van der Waals surface area contributed by atoms with Gasteiger partial charge in [-0.3, -0.25) is 4.57 Å². The van der Waals surface area contributed by atoms with Crippen LogP contribution in [0.25, 0.3) is 11.2 Å². The first-order valence-electron chi connectivity index (χ1n) is 8.29. The molecule has 0 saturated carbocycles. The summed E-state index contributed by atoms with van der Waals surface area (Å²) in [5.41, 5.74) is 1.97. The predicted molar refractivity (Wildman–Crippen MR) is 94.9 cm³/mol. The van der Waals surface area contributed by atoms with Gasteiger partial charge in [0.2, 0.25) is 0 Å². The van der Waals surface area contributed by atoms with Crippen molar-refractivity contribution in [1.29, 1.82) is 0 Å². The van der Waals surface area contributed by atoms with Crippen LogP contribution in [0.2, 0.25) is 0 Å². The molecule has 1 atom stereocenters. The van der Waals surface area contributed by atoms with E-state index in [0.29, 0.717) is 24.3 Å². The van der Waals surface area contributed by atoms with Crippen molar-refractivity contribution in [3.63, 3.8) is 0 Å². The SMILES string of the molecule is CC(C)(C)C(NCCn1c(=O)oc2cccnc21)c1ccc(F)cc1. The lowest BCUT2D eigenvalue weighted by Gasteiger charge is -2.32. The lowest BCUT2D eigenvalue weighted by molar-refractivity contribution is 0.269. The van der Waals surface area contributed by atoms with Gasteiger partial charge in [-0.2, -0.15) is 0 Å². The summed E-state index contributed by atoms with van der Waals surface area (Å²) in [5, 5.41) is 3.47. The first-order chi connectivity index (χ1) is 11.9. The highest BCUT2D eigenvalue weighted by Crippen LogP contribution is 2.32. The zero-order valence-corrected chi connectivity index (χ0v) is 14.6. The summed E-state index contributed by atoms with van der Waals surface area (Å²) in [4.78, 5) is 16.2. The molecule has 132 valence electrons. The molecule has 25 heavy (non-hydrogen) atoms. The highest BCUT2D eigenvalue weighted by molar-refractivity contribution is 5.67. The molecule has 3 rings (SSSR count). The van der Waals surface area contributed by atoms with Crippen LogP contribution in [0, 0.1) is 11.2 Å². The van der Waals surface area contributed by atoms with Crippen molar-refractivity contribution in [2.45, 2.75) is 33.4 Å². The third-order valence-electron chi connectivity index (χ3n) is 4.18. The average molecular weight is 343 g/mol. The van der Waals surface area contributed by atoms with Gasteiger partial charge in [0.1, 0.15) is 5.82 Å². The van der Waals surface area contributed by atoms with Crippen molar-refractivity contribution in [3.05, 3.63) is 64.5 Å². The number of rotatable bonds is 5. The van der Waals surface area contributed by atoms with Crippen LogP contribution in [0.4, 0.5) is 4.39 Å². The summed E-state index contributed by atoms with van der Waals surface area (Å²) in [7, 11) is 0. The molecule has 5 nitrogen and oxygen atoms in total. The van der Waals surface area contributed by atoms with Crippen LogP contribution in [0.5, 0.6) is 0 Å². The van der Waals surface area contributed by atoms with Crippen LogP contribution in [-0.4, -0.2) is 16.1 Å². The maximum atomic E-state index is 13.2. The molecule has 0 bridgehead atoms. The Morgan fingerprint density at radius 3 is 2.64 bits per heavy atom. The Hall–Kier alpha value is -2.47. The van der Waals surface area contributed by atoms with Gasteiger partial charge in [-0.05, 0) is 35.2 Å². The van der Waals surface area contributed by atoms with Gasteiger partial charge >= 0.3 is 5.76 Å². The summed E-state index contributed by atoms with van der Waals surface area (Å²) >= 11 is 0. The van der Waals surface area contributed by atoms with Crippen molar-refractivity contribution in [2.75, 3.05) is 6.54 Å². The number of hydrogen-bond acceptors (Lipinski definition) is 4. The van der Waals surface area contributed by atoms with E-state index in [0.717, 1.165) is 5.56 Å². The number of aromatic nitrogens is 2. The molecule has 0 aliphatic rings. The molecule has 0 aliphatic heterocycles. The second-order valence-corrected chi connectivity index (χ2v) is 7.15. The Balaban J connectivity index is 1.76. The van der Waals surface area contributed by atoms with Crippen LogP contribution in [0.1, 0.15) is 32.4 Å². The normalized spacial score (nSPS) is 13.3. The number of hydrogen-bond donors (Lipinski definition) is 1. The maximum Gasteiger partial charge on any atom is 0.421 e. The molecular formula is C19H22FN3O2. The molecule has 0 spiro atoms. The molecule has 3 aromatic rings. The van der Waals surface area contributed by atoms with E-state index in [1.165, 1.54) is 16.7 Å². The van der Waals surface area contributed by atoms with E-state index in [9.17, 15) is 9.18 Å². The van der Waals surface area contributed by atoms with E-state index < -0.39 is 5.76 Å². The molecule has 0 saturated heterocycles. The number of benzene rings is 1. The molecule has 0 amide bonds. The van der Waals surface area contributed by atoms with Crippen molar-refractivity contribution >= 4 is 11.2 Å². The number of fused-ring (bicyclic) bond motifs is 1. The minimum atomic E-state index is -0.412. The number of oxazole rings is 1. The summed E-state index contributed by atoms with van der Waals surface area (Å²) < 4.78 is 19.9. The second kappa shape index (κ2) is 6.80. The van der Waals surface area contributed by atoms with Crippen molar-refractivity contribution in [2.24, 2.45) is 5.41 Å². The zero-order valence-electron chi connectivity index (χ0n) is 14.6. The molecule has 2 heterocycles. The monoisotopic (exact) mass is 343 g/mol. The first kappa shape index (κ1) is 17.4. The zero-order chi connectivity index (χ0) is 18.0. The molecular weight excluding hydrogens is 321 g/mol. The minimum absolute atomic E-state index is 0.0231. The third-order valence-corrected chi connectivity index (χ3v) is 4.18. The van der Waals surface area contributed by atoms with E-state index in [2.05, 4.69) is 31.1 Å². The van der Waals surface area contributed by atoms with Gasteiger partial charge in [0.25, 0.3) is 0 Å². The highest BCUT2D eigenvalue weighted by atomic mass is 19.1. The van der Waals surface area contributed by atoms with E-state index in [1.54, 1.807) is 30.5 Å². The Morgan fingerprint density at radius 2 is 1.96 bits per heavy atom. The molecule has 1 unspecified atom stereocenters. The van der Waals surface area contributed by atoms with Crippen molar-refractivity contribution in [1.82, 2.24) is 14.9 Å². The first-order valence-corrected chi connectivity index (χ1v) is 8.29. The quantitative estimate of drug-likeness (QED) is 0.770. The fraction of sp³-hybridized carbons (Fsp3) is 0.368. The summed E-state index contributed by atoms with van der Waals surface area (Å²) in [5.74, 6) is -0.663. The minimum Gasteiger partial charge on any atom is -0.406 e. The number of nitrogens with one attached hydrogen (secondary N) is 1. The van der Waals surface area contributed by atoms with Gasteiger partial charge in [-0.15, -0.1) is 0 Å². The molecule has 0 aliphatic carbocycles. The molecule has 1 aromatic carbocycles. The lowest BCUT2D eigenvalue weighted by atomic mass is 9.82. The molecule has 0 radical (unpaired) electrons. The average Bonchev–Trinajstić information content (AvgIpc) is 2.87. The standard InChI is InChI=1S/C19H22FN3O2/c1-19(2,3)16(13-6-8-14(20)9-7-13)21-11-12-23-17-15(25-18(23)24)5-4-10-22-17/h4-10,16,21H,11-12H2,1-3H3. The van der Waals surface area contributed by atoms with Gasteiger partial charge in [0, 0.05) is 25.3 Å². The molecule has 2 aromatic heterocycles. The Bertz CT molecular complexity index is 907. The topological polar surface area (TPSA) is 60.1 Å². The van der Waals surface area contributed by atoms with Gasteiger partial charge in [0.15, 0.2) is 11.2 Å². The Labute approximate surface area is 145 Å². The van der Waals surface area contributed by atoms with Crippen molar-refractivity contribution in [3.8, 4) is 0 Å². The van der Waals surface area contributed by atoms with Crippen LogP contribution in [0.3, 0.4) is 0 Å². The fourth-order valence-corrected chi connectivity index (χ4v) is 3.00. The largest absolute Gasteiger partial charge is 0.421 e. The lowest BCUT2D eigenvalue weighted by Crippen LogP contribution is -2.35. The Kier molecular flexibility index (Phi) is 4.72. The van der Waals surface area contributed by atoms with E-state index in [-0.39, 0.29) is 17.3 Å². The molecule has 1 N–H and O–H groups in total. The van der Waals surface area contributed by atoms with Gasteiger partial charge in [0.05, 0.1) is 0 Å². The summed E-state index contributed by atoms with van der Waals surface area (Å²) in [6.07, 6.45) is 1.64. The smallest absolute Gasteiger partial charge is 0.406 e. The second-order valence-electron chi connectivity index (χ2n) is 7.15. The highest BCUT2D eigenvalue weighted by Gasteiger charge is 2.25. The predicted octanol–water partition coefficient (Wildman–Crippen LogP) is 3.51. The maximum absolute atomic E-state index is 13.2. The van der Waals surface area contributed by atoms with Crippen molar-refractivity contribution < 1.29 is 8.81 Å². The van der Waals surface area contributed by atoms with E-state index in [4.69, 9.17) is 4.42 Å².